The van der Waals surface area contributed by atoms with E-state index in [-0.39, 0.29) is 5.91 Å². The quantitative estimate of drug-likeness (QED) is 0.736. The number of fused-ring (bicyclic) bond motifs is 1. The van der Waals surface area contributed by atoms with E-state index in [1.54, 1.807) is 0 Å². The van der Waals surface area contributed by atoms with Crippen LogP contribution in [0.3, 0.4) is 0 Å². The van der Waals surface area contributed by atoms with Crippen LogP contribution in [0.5, 0.6) is 0 Å². The van der Waals surface area contributed by atoms with Crippen LogP contribution in [0.4, 0.5) is 0 Å². The maximum atomic E-state index is 12.0. The molecule has 3 rings (SSSR count). The van der Waals surface area contributed by atoms with Crippen LogP contribution in [-0.2, 0) is 17.6 Å². The third-order valence-electron chi connectivity index (χ3n) is 4.93. The molecule has 4 nitrogen and oxygen atoms in total. The minimum absolute atomic E-state index is 0.186. The zero-order valence-corrected chi connectivity index (χ0v) is 14.0. The molecule has 1 amide bonds. The van der Waals surface area contributed by atoms with Gasteiger partial charge in [0.15, 0.2) is 0 Å². The SMILES string of the molecule is CCc1cccc2c(CCNC(=O)CCC3CCNC3)c[nH]c12. The van der Waals surface area contributed by atoms with Crippen molar-refractivity contribution in [3.8, 4) is 0 Å². The molecular weight excluding hydrogens is 286 g/mol. The molecule has 23 heavy (non-hydrogen) atoms. The van der Waals surface area contributed by atoms with E-state index in [0.717, 1.165) is 32.4 Å². The highest BCUT2D eigenvalue weighted by molar-refractivity contribution is 5.86. The number of aromatic amines is 1. The Morgan fingerprint density at radius 2 is 2.26 bits per heavy atom. The molecule has 1 aliphatic heterocycles. The molecule has 0 saturated carbocycles. The molecule has 1 aliphatic rings. The summed E-state index contributed by atoms with van der Waals surface area (Å²) >= 11 is 0. The molecule has 2 aromatic rings. The Kier molecular flexibility index (Phi) is 5.34. The van der Waals surface area contributed by atoms with Gasteiger partial charge in [-0.1, -0.05) is 25.1 Å². The number of amides is 1. The highest BCUT2D eigenvalue weighted by Gasteiger charge is 2.15. The van der Waals surface area contributed by atoms with Crippen molar-refractivity contribution in [2.45, 2.75) is 39.0 Å². The number of benzene rings is 1. The summed E-state index contributed by atoms with van der Waals surface area (Å²) in [6, 6.07) is 6.45. The minimum Gasteiger partial charge on any atom is -0.361 e. The van der Waals surface area contributed by atoms with E-state index in [2.05, 4.69) is 46.9 Å². The monoisotopic (exact) mass is 313 g/mol. The number of hydrogen-bond donors (Lipinski definition) is 3. The third-order valence-corrected chi connectivity index (χ3v) is 4.93. The van der Waals surface area contributed by atoms with Gasteiger partial charge in [0, 0.05) is 30.1 Å². The predicted octanol–water partition coefficient (Wildman–Crippen LogP) is 2.78. The second-order valence-electron chi connectivity index (χ2n) is 6.50. The number of aryl methyl sites for hydroxylation is 1. The van der Waals surface area contributed by atoms with Gasteiger partial charge in [0.05, 0.1) is 0 Å². The van der Waals surface area contributed by atoms with Crippen molar-refractivity contribution >= 4 is 16.8 Å². The Morgan fingerprint density at radius 3 is 3.04 bits per heavy atom. The second kappa shape index (κ2) is 7.64. The van der Waals surface area contributed by atoms with Gasteiger partial charge in [0.2, 0.25) is 5.91 Å². The van der Waals surface area contributed by atoms with Crippen molar-refractivity contribution in [2.75, 3.05) is 19.6 Å². The molecular formula is C19H27N3O. The van der Waals surface area contributed by atoms with E-state index in [1.807, 2.05) is 0 Å². The van der Waals surface area contributed by atoms with Crippen LogP contribution >= 0.6 is 0 Å². The van der Waals surface area contributed by atoms with E-state index < -0.39 is 0 Å². The molecule has 4 heteroatoms. The van der Waals surface area contributed by atoms with Crippen molar-refractivity contribution in [3.63, 3.8) is 0 Å². The molecule has 0 radical (unpaired) electrons. The Labute approximate surface area is 138 Å². The molecule has 2 heterocycles. The Hall–Kier alpha value is -1.81. The van der Waals surface area contributed by atoms with Gasteiger partial charge < -0.3 is 15.6 Å². The molecule has 1 saturated heterocycles. The van der Waals surface area contributed by atoms with Crippen LogP contribution in [0.15, 0.2) is 24.4 Å². The fraction of sp³-hybridized carbons (Fsp3) is 0.526. The summed E-state index contributed by atoms with van der Waals surface area (Å²) in [7, 11) is 0. The first kappa shape index (κ1) is 16.1. The molecule has 1 aromatic carbocycles. The third kappa shape index (κ3) is 3.94. The fourth-order valence-electron chi connectivity index (χ4n) is 3.50. The van der Waals surface area contributed by atoms with Gasteiger partial charge in [0.1, 0.15) is 0 Å². The normalized spacial score (nSPS) is 17.7. The molecule has 1 atom stereocenters. The van der Waals surface area contributed by atoms with Gasteiger partial charge in [-0.05, 0) is 55.8 Å². The summed E-state index contributed by atoms with van der Waals surface area (Å²) in [6.07, 6.45) is 6.86. The Bertz CT molecular complexity index is 656. The molecule has 1 unspecified atom stereocenters. The van der Waals surface area contributed by atoms with E-state index in [4.69, 9.17) is 0 Å². The smallest absolute Gasteiger partial charge is 0.220 e. The van der Waals surface area contributed by atoms with E-state index in [9.17, 15) is 4.79 Å². The van der Waals surface area contributed by atoms with Crippen LogP contribution < -0.4 is 10.6 Å². The van der Waals surface area contributed by atoms with Gasteiger partial charge >= 0.3 is 0 Å². The maximum absolute atomic E-state index is 12.0. The Morgan fingerprint density at radius 1 is 1.35 bits per heavy atom. The number of rotatable bonds is 7. The molecule has 0 spiro atoms. The molecule has 1 aromatic heterocycles. The van der Waals surface area contributed by atoms with Crippen LogP contribution in [0.1, 0.15) is 37.3 Å². The van der Waals surface area contributed by atoms with E-state index in [1.165, 1.54) is 28.5 Å². The van der Waals surface area contributed by atoms with Gasteiger partial charge in [-0.15, -0.1) is 0 Å². The summed E-state index contributed by atoms with van der Waals surface area (Å²) in [5.74, 6) is 0.868. The lowest BCUT2D eigenvalue weighted by atomic mass is 10.0. The number of para-hydroxylation sites is 1. The first-order valence-corrected chi connectivity index (χ1v) is 8.83. The zero-order chi connectivity index (χ0) is 16.1. The molecule has 1 fully saturated rings. The van der Waals surface area contributed by atoms with Gasteiger partial charge in [-0.2, -0.15) is 0 Å². The van der Waals surface area contributed by atoms with Gasteiger partial charge in [-0.25, -0.2) is 0 Å². The van der Waals surface area contributed by atoms with Crippen molar-refractivity contribution < 1.29 is 4.79 Å². The minimum atomic E-state index is 0.186. The van der Waals surface area contributed by atoms with E-state index >= 15 is 0 Å². The van der Waals surface area contributed by atoms with Crippen LogP contribution in [0.2, 0.25) is 0 Å². The molecule has 0 bridgehead atoms. The lowest BCUT2D eigenvalue weighted by Gasteiger charge is -2.08. The highest BCUT2D eigenvalue weighted by atomic mass is 16.1. The summed E-state index contributed by atoms with van der Waals surface area (Å²) in [4.78, 5) is 15.3. The second-order valence-corrected chi connectivity index (χ2v) is 6.50. The lowest BCUT2D eigenvalue weighted by Crippen LogP contribution is -2.26. The number of nitrogens with one attached hydrogen (secondary N) is 3. The number of aromatic nitrogens is 1. The summed E-state index contributed by atoms with van der Waals surface area (Å²) in [6.45, 7) is 5.06. The van der Waals surface area contributed by atoms with Gasteiger partial charge in [0.25, 0.3) is 0 Å². The Balaban J connectivity index is 1.47. The number of carbonyl (C=O) groups is 1. The number of carbonyl (C=O) groups excluding carboxylic acids is 1. The zero-order valence-electron chi connectivity index (χ0n) is 14.0. The molecule has 0 aliphatic carbocycles. The fourth-order valence-corrected chi connectivity index (χ4v) is 3.50. The van der Waals surface area contributed by atoms with Crippen molar-refractivity contribution in [1.82, 2.24) is 15.6 Å². The summed E-state index contributed by atoms with van der Waals surface area (Å²) in [5, 5.41) is 7.70. The topological polar surface area (TPSA) is 56.9 Å². The highest BCUT2D eigenvalue weighted by Crippen LogP contribution is 2.22. The first-order chi connectivity index (χ1) is 11.3. The maximum Gasteiger partial charge on any atom is 0.220 e. The van der Waals surface area contributed by atoms with Crippen molar-refractivity contribution in [2.24, 2.45) is 5.92 Å². The number of H-pyrrole nitrogens is 1. The van der Waals surface area contributed by atoms with Crippen LogP contribution in [0, 0.1) is 5.92 Å². The average molecular weight is 313 g/mol. The van der Waals surface area contributed by atoms with Crippen molar-refractivity contribution in [1.29, 1.82) is 0 Å². The largest absolute Gasteiger partial charge is 0.361 e. The average Bonchev–Trinajstić information content (AvgIpc) is 3.22. The molecule has 3 N–H and O–H groups in total. The van der Waals surface area contributed by atoms with Crippen LogP contribution in [0.25, 0.3) is 10.9 Å². The number of hydrogen-bond acceptors (Lipinski definition) is 2. The van der Waals surface area contributed by atoms with Crippen LogP contribution in [-0.4, -0.2) is 30.5 Å². The lowest BCUT2D eigenvalue weighted by molar-refractivity contribution is -0.121. The first-order valence-electron chi connectivity index (χ1n) is 8.83. The van der Waals surface area contributed by atoms with E-state index in [0.29, 0.717) is 18.9 Å². The summed E-state index contributed by atoms with van der Waals surface area (Å²) < 4.78 is 0. The van der Waals surface area contributed by atoms with Crippen molar-refractivity contribution in [3.05, 3.63) is 35.5 Å². The summed E-state index contributed by atoms with van der Waals surface area (Å²) in [5.41, 5.74) is 3.88. The molecule has 124 valence electrons. The van der Waals surface area contributed by atoms with Gasteiger partial charge in [-0.3, -0.25) is 4.79 Å². The predicted molar refractivity (Wildman–Crippen MR) is 94.6 cm³/mol. The standard InChI is InChI=1S/C19H27N3O/c1-2-15-4-3-5-17-16(13-22-19(15)17)9-11-21-18(23)7-6-14-8-10-20-12-14/h3-5,13-14,20,22H,2,6-12H2,1H3,(H,21,23).